The van der Waals surface area contributed by atoms with Gasteiger partial charge in [-0.25, -0.2) is 4.79 Å². The van der Waals surface area contributed by atoms with Crippen LogP contribution in [-0.4, -0.2) is 72.3 Å². The summed E-state index contributed by atoms with van der Waals surface area (Å²) < 4.78 is 25.4. The predicted molar refractivity (Wildman–Crippen MR) is 202 cm³/mol. The third-order valence-corrected chi connectivity index (χ3v) is 10.8. The molecule has 6 atom stereocenters. The number of benzene rings is 2. The van der Waals surface area contributed by atoms with E-state index in [1.54, 1.807) is 30.3 Å². The number of carbonyl (C=O) groups excluding carboxylic acids is 3. The molecule has 2 saturated heterocycles. The highest BCUT2D eigenvalue weighted by Gasteiger charge is 2.52. The highest BCUT2D eigenvalue weighted by atomic mass is 16.8. The van der Waals surface area contributed by atoms with E-state index in [9.17, 15) is 14.4 Å². The predicted octanol–water partition coefficient (Wildman–Crippen LogP) is 6.80. The van der Waals surface area contributed by atoms with E-state index < -0.39 is 30.1 Å². The molecule has 2 aromatic carbocycles. The summed E-state index contributed by atoms with van der Waals surface area (Å²) in [6.07, 6.45) is 16.5. The van der Waals surface area contributed by atoms with Crippen molar-refractivity contribution >= 4 is 23.9 Å². The Morgan fingerprint density at radius 3 is 2.40 bits per heavy atom. The van der Waals surface area contributed by atoms with Crippen molar-refractivity contribution in [1.82, 2.24) is 10.6 Å². The van der Waals surface area contributed by atoms with Crippen LogP contribution in [0.2, 0.25) is 0 Å². The van der Waals surface area contributed by atoms with Crippen LogP contribution >= 0.6 is 0 Å². The van der Waals surface area contributed by atoms with E-state index in [2.05, 4.69) is 36.6 Å². The van der Waals surface area contributed by atoms with Gasteiger partial charge in [-0.3, -0.25) is 9.59 Å². The number of epoxide rings is 1. The zero-order valence-corrected chi connectivity index (χ0v) is 31.2. The van der Waals surface area contributed by atoms with Gasteiger partial charge in [-0.1, -0.05) is 75.9 Å². The minimum absolute atomic E-state index is 0.149. The summed E-state index contributed by atoms with van der Waals surface area (Å²) in [7, 11) is 0. The molecule has 2 heterocycles. The van der Waals surface area contributed by atoms with Gasteiger partial charge in [-0.2, -0.15) is 0 Å². The van der Waals surface area contributed by atoms with Crippen LogP contribution in [0.3, 0.4) is 0 Å². The maximum Gasteiger partial charge on any atom is 0.338 e. The number of aliphatic hydroxyl groups excluding tert-OH is 1. The Morgan fingerprint density at radius 1 is 0.906 bits per heavy atom. The van der Waals surface area contributed by atoms with Gasteiger partial charge in [-0.15, -0.1) is 0 Å². The van der Waals surface area contributed by atoms with Gasteiger partial charge in [0.1, 0.15) is 18.3 Å². The van der Waals surface area contributed by atoms with Gasteiger partial charge >= 0.3 is 5.97 Å². The molecule has 1 saturated carbocycles. The summed E-state index contributed by atoms with van der Waals surface area (Å²) in [5.74, 6) is -1.35. The van der Waals surface area contributed by atoms with Crippen molar-refractivity contribution in [2.75, 3.05) is 13.2 Å². The average Bonchev–Trinajstić information content (AvgIpc) is 3.86. The van der Waals surface area contributed by atoms with Crippen LogP contribution in [0.5, 0.6) is 0 Å². The summed E-state index contributed by atoms with van der Waals surface area (Å²) in [5, 5.41) is 14.7. The zero-order chi connectivity index (χ0) is 37.2. The molecule has 10 nitrogen and oxygen atoms in total. The van der Waals surface area contributed by atoms with Gasteiger partial charge in [0.25, 0.3) is 5.91 Å². The number of fused-ring (bicyclic) bond motifs is 2. The minimum atomic E-state index is -0.803. The van der Waals surface area contributed by atoms with E-state index >= 15 is 0 Å². The number of carbonyl (C=O) groups is 3. The second-order valence-electron chi connectivity index (χ2n) is 15.0. The molecule has 2 amide bonds. The maximum atomic E-state index is 13.7. The van der Waals surface area contributed by atoms with E-state index in [1.165, 1.54) is 0 Å². The van der Waals surface area contributed by atoms with Crippen LogP contribution in [0, 0.1) is 5.92 Å². The standard InChI is InChI=1S/C43H56N2O8/c1-3-5-7-20-43(21-8-6-4-2)52-38-27-34(41(48)45-28-31-10-9-11-33(24-31)40(47)44-22-23-46)26-37(39(38)53-43)51-42(49)32-17-14-29(15-18-32)12-13-30-16-19-35-36(25-30)50-35/h9-15,17-18,24,27,30,35-39,46H,3-8,16,19-23,25-26,28H2,1-2H3,(H,44,47)(H,45,48). The zero-order valence-electron chi connectivity index (χ0n) is 31.2. The molecule has 4 aliphatic rings. The second kappa shape index (κ2) is 18.5. The fraction of sp³-hybridized carbons (Fsp3) is 0.558. The lowest BCUT2D eigenvalue weighted by atomic mass is 9.89. The van der Waals surface area contributed by atoms with Gasteiger partial charge in [-0.05, 0) is 79.5 Å². The first-order chi connectivity index (χ1) is 25.8. The van der Waals surface area contributed by atoms with Gasteiger partial charge in [0.15, 0.2) is 5.79 Å². The van der Waals surface area contributed by atoms with Crippen LogP contribution in [0.4, 0.5) is 0 Å². The van der Waals surface area contributed by atoms with E-state index in [0.717, 1.165) is 81.8 Å². The van der Waals surface area contributed by atoms with E-state index in [4.69, 9.17) is 24.1 Å². The number of aliphatic hydroxyl groups is 1. The Bertz CT molecular complexity index is 1610. The molecule has 3 N–H and O–H groups in total. The Balaban J connectivity index is 1.15. The molecule has 0 radical (unpaired) electrons. The lowest BCUT2D eigenvalue weighted by Crippen LogP contribution is -2.43. The minimum Gasteiger partial charge on any atom is -0.456 e. The molecule has 6 rings (SSSR count). The molecule has 2 aromatic rings. The Labute approximate surface area is 313 Å². The number of hydrogen-bond donors (Lipinski definition) is 3. The normalized spacial score (nSPS) is 25.6. The lowest BCUT2D eigenvalue weighted by Gasteiger charge is -2.31. The van der Waals surface area contributed by atoms with Crippen LogP contribution in [-0.2, 0) is 30.3 Å². The van der Waals surface area contributed by atoms with Crippen molar-refractivity contribution < 1.29 is 38.4 Å². The molecule has 2 aliphatic carbocycles. The topological polar surface area (TPSA) is 136 Å². The first-order valence-corrected chi connectivity index (χ1v) is 19.8. The summed E-state index contributed by atoms with van der Waals surface area (Å²) in [4.78, 5) is 39.8. The van der Waals surface area contributed by atoms with E-state index in [0.29, 0.717) is 34.8 Å². The number of esters is 1. The highest BCUT2D eigenvalue weighted by molar-refractivity contribution is 5.95. The number of rotatable bonds is 18. The van der Waals surface area contributed by atoms with Crippen molar-refractivity contribution in [1.29, 1.82) is 0 Å². The summed E-state index contributed by atoms with van der Waals surface area (Å²) in [6, 6.07) is 14.4. The molecule has 286 valence electrons. The smallest absolute Gasteiger partial charge is 0.338 e. The van der Waals surface area contributed by atoms with Crippen molar-refractivity contribution in [2.45, 2.75) is 134 Å². The van der Waals surface area contributed by atoms with E-state index in [1.807, 2.05) is 24.3 Å². The first-order valence-electron chi connectivity index (χ1n) is 19.8. The van der Waals surface area contributed by atoms with Crippen molar-refractivity contribution in [2.24, 2.45) is 5.92 Å². The van der Waals surface area contributed by atoms with E-state index in [-0.39, 0.29) is 37.9 Å². The molecule has 10 heteroatoms. The number of unbranched alkanes of at least 4 members (excludes halogenated alkanes) is 4. The number of ether oxygens (including phenoxy) is 4. The third kappa shape index (κ3) is 10.4. The van der Waals surface area contributed by atoms with Crippen LogP contribution in [0.25, 0.3) is 6.08 Å². The Morgan fingerprint density at radius 2 is 1.68 bits per heavy atom. The monoisotopic (exact) mass is 728 g/mol. The van der Waals surface area contributed by atoms with Crippen LogP contribution in [0.1, 0.15) is 123 Å². The quantitative estimate of drug-likeness (QED) is 0.0867. The molecular weight excluding hydrogens is 672 g/mol. The van der Waals surface area contributed by atoms with Crippen LogP contribution in [0.15, 0.2) is 66.3 Å². The fourth-order valence-corrected chi connectivity index (χ4v) is 7.78. The molecule has 0 spiro atoms. The summed E-state index contributed by atoms with van der Waals surface area (Å²) in [6.45, 7) is 4.54. The molecule has 0 bridgehead atoms. The molecule has 2 aliphatic heterocycles. The molecule has 0 aromatic heterocycles. The van der Waals surface area contributed by atoms with Gasteiger partial charge in [0.05, 0.1) is 24.4 Å². The Hall–Kier alpha value is -3.83. The highest BCUT2D eigenvalue weighted by Crippen LogP contribution is 2.43. The average molecular weight is 729 g/mol. The Kier molecular flexibility index (Phi) is 13.6. The number of amides is 2. The number of nitrogens with one attached hydrogen (secondary N) is 2. The van der Waals surface area contributed by atoms with Crippen molar-refractivity contribution in [3.8, 4) is 0 Å². The molecule has 3 fully saturated rings. The summed E-state index contributed by atoms with van der Waals surface area (Å²) in [5.41, 5.74) is 3.11. The SMILES string of the molecule is CCCCCC1(CCCCC)OC2C=C(C(=O)NCc3cccc(C(=O)NCCO)c3)CC(OC(=O)c3ccc(C=CC4CCC5OC5C4)cc3)C2O1. The van der Waals surface area contributed by atoms with Gasteiger partial charge < -0.3 is 34.7 Å². The van der Waals surface area contributed by atoms with Gasteiger partial charge in [0, 0.05) is 43.5 Å². The number of allylic oxidation sites excluding steroid dienone is 1. The fourth-order valence-electron chi connectivity index (χ4n) is 7.78. The van der Waals surface area contributed by atoms with Gasteiger partial charge in [0.2, 0.25) is 5.91 Å². The first kappa shape index (κ1) is 38.9. The summed E-state index contributed by atoms with van der Waals surface area (Å²) >= 11 is 0. The molecule has 6 unspecified atom stereocenters. The van der Waals surface area contributed by atoms with Crippen molar-refractivity contribution in [3.05, 3.63) is 88.5 Å². The maximum absolute atomic E-state index is 13.7. The molecular formula is C43H56N2O8. The lowest BCUT2D eigenvalue weighted by molar-refractivity contribution is -0.190. The third-order valence-electron chi connectivity index (χ3n) is 10.8. The molecule has 53 heavy (non-hydrogen) atoms. The number of hydrogen-bond acceptors (Lipinski definition) is 8. The van der Waals surface area contributed by atoms with Crippen molar-refractivity contribution in [3.63, 3.8) is 0 Å². The van der Waals surface area contributed by atoms with Crippen LogP contribution < -0.4 is 10.6 Å². The second-order valence-corrected chi connectivity index (χ2v) is 15.0. The largest absolute Gasteiger partial charge is 0.456 e.